The van der Waals surface area contributed by atoms with Gasteiger partial charge in [0.15, 0.2) is 11.5 Å². The Kier molecular flexibility index (Phi) is 7.57. The second kappa shape index (κ2) is 10.8. The number of benzene rings is 2. The molecule has 4 rings (SSSR count). The zero-order valence-electron chi connectivity index (χ0n) is 20.2. The molecule has 2 aromatic carbocycles. The van der Waals surface area contributed by atoms with Gasteiger partial charge in [-0.25, -0.2) is 0 Å². The first-order chi connectivity index (χ1) is 17.0. The molecule has 0 spiro atoms. The van der Waals surface area contributed by atoms with Crippen LogP contribution in [0.4, 0.5) is 0 Å². The number of aliphatic hydroxyl groups is 1. The summed E-state index contributed by atoms with van der Waals surface area (Å²) in [6.07, 6.45) is 0. The number of Topliss-reactive ketones (excluding diaryl/α,β-unsaturated/α-hetero) is 1. The zero-order chi connectivity index (χ0) is 24.9. The minimum absolute atomic E-state index is 0.0488. The van der Waals surface area contributed by atoms with Gasteiger partial charge in [-0.2, -0.15) is 0 Å². The molecule has 1 unspecified atom stereocenters. The molecule has 2 aromatic rings. The number of piperazine rings is 1. The molecule has 1 amide bonds. The lowest BCUT2D eigenvalue weighted by atomic mass is 9.95. The quantitative estimate of drug-likeness (QED) is 0.336. The normalized spacial score (nSPS) is 20.2. The summed E-state index contributed by atoms with van der Waals surface area (Å²) in [4.78, 5) is 30.3. The van der Waals surface area contributed by atoms with E-state index in [1.807, 2.05) is 0 Å². The van der Waals surface area contributed by atoms with Gasteiger partial charge >= 0.3 is 0 Å². The van der Waals surface area contributed by atoms with Crippen molar-refractivity contribution in [3.05, 3.63) is 59.2 Å². The Hall–Kier alpha value is -3.56. The molecule has 35 heavy (non-hydrogen) atoms. The summed E-state index contributed by atoms with van der Waals surface area (Å²) >= 11 is 0. The van der Waals surface area contributed by atoms with Crippen molar-refractivity contribution in [3.63, 3.8) is 0 Å². The molecule has 2 aliphatic rings. The van der Waals surface area contributed by atoms with Crippen LogP contribution in [0.2, 0.25) is 0 Å². The van der Waals surface area contributed by atoms with Gasteiger partial charge in [0.25, 0.3) is 11.7 Å². The molecule has 0 aromatic heterocycles. The Morgan fingerprint density at radius 3 is 2.26 bits per heavy atom. The highest BCUT2D eigenvalue weighted by Crippen LogP contribution is 2.42. The van der Waals surface area contributed by atoms with Gasteiger partial charge in [0.2, 0.25) is 0 Å². The van der Waals surface area contributed by atoms with E-state index in [0.717, 1.165) is 26.2 Å². The number of hydrogen-bond donors (Lipinski definition) is 2. The number of nitrogens with one attached hydrogen (secondary N) is 1. The highest BCUT2D eigenvalue weighted by Gasteiger charge is 2.46. The van der Waals surface area contributed by atoms with Gasteiger partial charge in [0.05, 0.1) is 32.9 Å². The molecule has 0 aliphatic carbocycles. The number of ketones is 1. The molecule has 0 bridgehead atoms. The van der Waals surface area contributed by atoms with Crippen LogP contribution in [0.25, 0.3) is 5.76 Å². The van der Waals surface area contributed by atoms with Gasteiger partial charge in [-0.15, -0.1) is 0 Å². The number of nitrogens with zero attached hydrogens (tertiary/aromatic N) is 2. The zero-order valence-corrected chi connectivity index (χ0v) is 20.2. The molecule has 2 aliphatic heterocycles. The molecule has 0 radical (unpaired) electrons. The summed E-state index contributed by atoms with van der Waals surface area (Å²) in [5.74, 6) is 0.0598. The highest BCUT2D eigenvalue weighted by atomic mass is 16.5. The van der Waals surface area contributed by atoms with E-state index in [4.69, 9.17) is 14.2 Å². The van der Waals surface area contributed by atoms with Crippen molar-refractivity contribution >= 4 is 17.4 Å². The van der Waals surface area contributed by atoms with Gasteiger partial charge in [-0.1, -0.05) is 6.07 Å². The third-order valence-corrected chi connectivity index (χ3v) is 6.49. The van der Waals surface area contributed by atoms with E-state index in [2.05, 4.69) is 10.2 Å². The first kappa shape index (κ1) is 24.6. The topological polar surface area (TPSA) is 101 Å². The fourth-order valence-electron chi connectivity index (χ4n) is 4.57. The van der Waals surface area contributed by atoms with Crippen molar-refractivity contribution < 1.29 is 28.9 Å². The van der Waals surface area contributed by atoms with Crippen molar-refractivity contribution in [1.29, 1.82) is 0 Å². The summed E-state index contributed by atoms with van der Waals surface area (Å²) in [7, 11) is 4.62. The Balaban J connectivity index is 1.77. The number of likely N-dealkylation sites (tertiary alicyclic amines) is 1. The van der Waals surface area contributed by atoms with Crippen LogP contribution in [0.5, 0.6) is 17.2 Å². The average Bonchev–Trinajstić information content (AvgIpc) is 3.16. The van der Waals surface area contributed by atoms with Gasteiger partial charge in [0, 0.05) is 44.8 Å². The Morgan fingerprint density at radius 1 is 0.943 bits per heavy atom. The Bertz CT molecular complexity index is 1110. The molecule has 9 heteroatoms. The number of amides is 1. The van der Waals surface area contributed by atoms with Crippen molar-refractivity contribution in [2.45, 2.75) is 6.04 Å². The lowest BCUT2D eigenvalue weighted by molar-refractivity contribution is -0.140. The third kappa shape index (κ3) is 4.96. The van der Waals surface area contributed by atoms with Crippen molar-refractivity contribution in [1.82, 2.24) is 15.1 Å². The van der Waals surface area contributed by atoms with Crippen molar-refractivity contribution in [3.8, 4) is 17.2 Å². The second-order valence-electron chi connectivity index (χ2n) is 8.43. The van der Waals surface area contributed by atoms with Crippen LogP contribution >= 0.6 is 0 Å². The number of aliphatic hydroxyl groups excluding tert-OH is 1. The molecule has 2 N–H and O–H groups in total. The fourth-order valence-corrected chi connectivity index (χ4v) is 4.57. The summed E-state index contributed by atoms with van der Waals surface area (Å²) < 4.78 is 16.0. The van der Waals surface area contributed by atoms with E-state index < -0.39 is 17.7 Å². The number of methoxy groups -OCH3 is 3. The van der Waals surface area contributed by atoms with E-state index in [-0.39, 0.29) is 11.3 Å². The summed E-state index contributed by atoms with van der Waals surface area (Å²) in [6.45, 7) is 4.49. The van der Waals surface area contributed by atoms with Crippen LogP contribution in [-0.2, 0) is 9.59 Å². The molecule has 0 saturated carbocycles. The predicted molar refractivity (Wildman–Crippen MR) is 131 cm³/mol. The molecule has 2 saturated heterocycles. The standard InChI is InChI=1S/C26H31N3O6/c1-33-19-7-4-17(5-8-19)24(30)22-23(18-6-9-20(34-2)21(16-18)35-3)29(26(32)25(22)31)15-14-28-12-10-27-11-13-28/h4-9,16,23,27,30H,10-15H2,1-3H3/b24-22+. The summed E-state index contributed by atoms with van der Waals surface area (Å²) in [5.41, 5.74) is 1.13. The van der Waals surface area contributed by atoms with E-state index in [1.165, 1.54) is 7.11 Å². The SMILES string of the molecule is COc1ccc(/C(O)=C2\C(=O)C(=O)N(CCN3CCNCC3)C2c2ccc(OC)c(OC)c2)cc1. The lowest BCUT2D eigenvalue weighted by Crippen LogP contribution is -2.46. The van der Waals surface area contributed by atoms with Gasteiger partial charge in [-0.05, 0) is 42.0 Å². The van der Waals surface area contributed by atoms with Crippen LogP contribution in [-0.4, -0.2) is 87.2 Å². The minimum atomic E-state index is -0.764. The van der Waals surface area contributed by atoms with Gasteiger partial charge in [-0.3, -0.25) is 14.5 Å². The minimum Gasteiger partial charge on any atom is -0.507 e. The first-order valence-electron chi connectivity index (χ1n) is 11.6. The van der Waals surface area contributed by atoms with Crippen LogP contribution in [0, 0.1) is 0 Å². The molecule has 9 nitrogen and oxygen atoms in total. The molecule has 2 heterocycles. The van der Waals surface area contributed by atoms with Crippen LogP contribution in [0.15, 0.2) is 48.0 Å². The number of carbonyl (C=O) groups excluding carboxylic acids is 2. The molecule has 2 fully saturated rings. The van der Waals surface area contributed by atoms with Crippen LogP contribution in [0.3, 0.4) is 0 Å². The average molecular weight is 482 g/mol. The summed E-state index contributed by atoms with van der Waals surface area (Å²) in [5, 5.41) is 14.5. The van der Waals surface area contributed by atoms with E-state index in [9.17, 15) is 14.7 Å². The monoisotopic (exact) mass is 481 g/mol. The Morgan fingerprint density at radius 2 is 1.63 bits per heavy atom. The maximum Gasteiger partial charge on any atom is 0.295 e. The van der Waals surface area contributed by atoms with E-state index in [0.29, 0.717) is 41.5 Å². The molecule has 1 atom stereocenters. The van der Waals surface area contributed by atoms with E-state index >= 15 is 0 Å². The smallest absolute Gasteiger partial charge is 0.295 e. The number of carbonyl (C=O) groups is 2. The number of ether oxygens (including phenoxy) is 3. The molecular weight excluding hydrogens is 450 g/mol. The van der Waals surface area contributed by atoms with Gasteiger partial charge < -0.3 is 29.5 Å². The highest BCUT2D eigenvalue weighted by molar-refractivity contribution is 6.46. The predicted octanol–water partition coefficient (Wildman–Crippen LogP) is 2.04. The number of rotatable bonds is 8. The van der Waals surface area contributed by atoms with Crippen LogP contribution < -0.4 is 19.5 Å². The lowest BCUT2D eigenvalue weighted by Gasteiger charge is -2.31. The van der Waals surface area contributed by atoms with E-state index in [1.54, 1.807) is 61.6 Å². The van der Waals surface area contributed by atoms with Crippen molar-refractivity contribution in [2.24, 2.45) is 0 Å². The fraction of sp³-hybridized carbons (Fsp3) is 0.385. The van der Waals surface area contributed by atoms with Crippen LogP contribution in [0.1, 0.15) is 17.2 Å². The number of hydrogen-bond acceptors (Lipinski definition) is 8. The van der Waals surface area contributed by atoms with Gasteiger partial charge in [0.1, 0.15) is 11.5 Å². The Labute approximate surface area is 204 Å². The maximum atomic E-state index is 13.3. The first-order valence-corrected chi connectivity index (χ1v) is 11.6. The summed E-state index contributed by atoms with van der Waals surface area (Å²) in [6, 6.07) is 11.2. The second-order valence-corrected chi connectivity index (χ2v) is 8.43. The third-order valence-electron chi connectivity index (χ3n) is 6.49. The maximum absolute atomic E-state index is 13.3. The van der Waals surface area contributed by atoms with Crippen molar-refractivity contribution in [2.75, 3.05) is 60.6 Å². The largest absolute Gasteiger partial charge is 0.507 e. The molecule has 186 valence electrons. The molecular formula is C26H31N3O6.